The van der Waals surface area contributed by atoms with Gasteiger partial charge < -0.3 is 19.7 Å². The molecule has 2 aliphatic heterocycles. The van der Waals surface area contributed by atoms with Gasteiger partial charge in [0.05, 0.1) is 6.10 Å². The highest BCUT2D eigenvalue weighted by Crippen LogP contribution is 2.23. The molecule has 2 aliphatic rings. The number of rotatable bonds is 4. The first-order valence-electron chi connectivity index (χ1n) is 9.67. The Morgan fingerprint density at radius 2 is 2.11 bits per heavy atom. The van der Waals surface area contributed by atoms with Gasteiger partial charge in [-0.2, -0.15) is 0 Å². The Balaban J connectivity index is 1.31. The highest BCUT2D eigenvalue weighted by atomic mass is 16.5. The van der Waals surface area contributed by atoms with Crippen LogP contribution >= 0.6 is 0 Å². The number of hydrogen-bond acceptors (Lipinski definition) is 3. The molecule has 1 fully saturated rings. The highest BCUT2D eigenvalue weighted by Gasteiger charge is 2.21. The quantitative estimate of drug-likeness (QED) is 0.885. The molecule has 5 nitrogen and oxygen atoms in total. The third-order valence-electron chi connectivity index (χ3n) is 5.35. The van der Waals surface area contributed by atoms with E-state index in [1.807, 2.05) is 29.2 Å². The van der Waals surface area contributed by atoms with Crippen molar-refractivity contribution in [1.82, 2.24) is 4.90 Å². The van der Waals surface area contributed by atoms with Crippen molar-refractivity contribution in [3.05, 3.63) is 59.2 Å². The number of ether oxygens (including phenoxy) is 2. The lowest BCUT2D eigenvalue weighted by Crippen LogP contribution is -2.39. The molecular formula is C22H26N2O3. The van der Waals surface area contributed by atoms with Gasteiger partial charge in [-0.15, -0.1) is 0 Å². The maximum atomic E-state index is 12.6. The number of urea groups is 1. The van der Waals surface area contributed by atoms with Crippen LogP contribution in [0.5, 0.6) is 5.75 Å². The van der Waals surface area contributed by atoms with Gasteiger partial charge in [0.1, 0.15) is 12.4 Å². The summed E-state index contributed by atoms with van der Waals surface area (Å²) < 4.78 is 11.3. The number of nitrogens with zero attached hydrogens (tertiary/aromatic N) is 1. The van der Waals surface area contributed by atoms with E-state index >= 15 is 0 Å². The largest absolute Gasteiger partial charge is 0.491 e. The van der Waals surface area contributed by atoms with Crippen LogP contribution in [0.3, 0.4) is 0 Å². The number of fused-ring (bicyclic) bond motifs is 1. The standard InChI is InChI=1S/C22H26N2O3/c1-16-4-2-5-17-14-24(12-11-21(16)17)22(25)23-18-7-9-19(10-8-18)27-15-20-6-3-13-26-20/h2,4-5,7-10,20H,3,6,11-15H2,1H3,(H,23,25). The Morgan fingerprint density at radius 3 is 2.89 bits per heavy atom. The topological polar surface area (TPSA) is 50.8 Å². The van der Waals surface area contributed by atoms with Crippen LogP contribution in [0, 0.1) is 6.92 Å². The van der Waals surface area contributed by atoms with E-state index in [0.29, 0.717) is 13.2 Å². The summed E-state index contributed by atoms with van der Waals surface area (Å²) in [5, 5.41) is 2.99. The fraction of sp³-hybridized carbons (Fsp3) is 0.409. The van der Waals surface area contributed by atoms with Gasteiger partial charge in [0.2, 0.25) is 0 Å². The Labute approximate surface area is 160 Å². The molecule has 0 saturated carbocycles. The molecule has 0 bridgehead atoms. The molecule has 0 spiro atoms. The Hall–Kier alpha value is -2.53. The number of anilines is 1. The van der Waals surface area contributed by atoms with Crippen LogP contribution in [0.2, 0.25) is 0 Å². The lowest BCUT2D eigenvalue weighted by molar-refractivity contribution is 0.0679. The lowest BCUT2D eigenvalue weighted by Gasteiger charge is -2.30. The molecule has 2 heterocycles. The zero-order chi connectivity index (χ0) is 18.6. The molecule has 1 atom stereocenters. The molecule has 142 valence electrons. The number of amides is 2. The van der Waals surface area contributed by atoms with E-state index in [4.69, 9.17) is 9.47 Å². The molecule has 27 heavy (non-hydrogen) atoms. The molecule has 2 aromatic rings. The molecule has 4 rings (SSSR count). The molecule has 2 aromatic carbocycles. The van der Waals surface area contributed by atoms with Gasteiger partial charge in [0, 0.05) is 25.4 Å². The minimum atomic E-state index is -0.0600. The second-order valence-electron chi connectivity index (χ2n) is 7.28. The summed E-state index contributed by atoms with van der Waals surface area (Å²) in [4.78, 5) is 14.5. The van der Waals surface area contributed by atoms with E-state index in [1.54, 1.807) is 0 Å². The van der Waals surface area contributed by atoms with Gasteiger partial charge in [0.15, 0.2) is 0 Å². The number of carbonyl (C=O) groups excluding carboxylic acids is 1. The zero-order valence-electron chi connectivity index (χ0n) is 15.7. The maximum absolute atomic E-state index is 12.6. The van der Waals surface area contributed by atoms with Crippen molar-refractivity contribution in [1.29, 1.82) is 0 Å². The molecule has 2 amide bonds. The van der Waals surface area contributed by atoms with Crippen molar-refractivity contribution in [2.75, 3.05) is 25.1 Å². The Morgan fingerprint density at radius 1 is 1.26 bits per heavy atom. The first kappa shape index (κ1) is 17.9. The average Bonchev–Trinajstić information content (AvgIpc) is 3.21. The Kier molecular flexibility index (Phi) is 5.30. The molecule has 0 radical (unpaired) electrons. The van der Waals surface area contributed by atoms with Gasteiger partial charge in [-0.3, -0.25) is 0 Å². The normalized spacial score (nSPS) is 18.9. The summed E-state index contributed by atoms with van der Waals surface area (Å²) in [6.07, 6.45) is 3.28. The number of benzene rings is 2. The predicted octanol–water partition coefficient (Wildman–Crippen LogP) is 4.14. The number of nitrogens with one attached hydrogen (secondary N) is 1. The van der Waals surface area contributed by atoms with Crippen LogP contribution < -0.4 is 10.1 Å². The van der Waals surface area contributed by atoms with Gasteiger partial charge in [-0.05, 0) is 67.1 Å². The summed E-state index contributed by atoms with van der Waals surface area (Å²) >= 11 is 0. The molecule has 1 unspecified atom stereocenters. The number of aryl methyl sites for hydroxylation is 1. The van der Waals surface area contributed by atoms with Crippen LogP contribution in [0.25, 0.3) is 0 Å². The third-order valence-corrected chi connectivity index (χ3v) is 5.35. The van der Waals surface area contributed by atoms with Crippen molar-refractivity contribution in [3.63, 3.8) is 0 Å². The SMILES string of the molecule is Cc1cccc2c1CCN(C(=O)Nc1ccc(OCC3CCCO3)cc1)C2. The van der Waals surface area contributed by atoms with Crippen molar-refractivity contribution in [2.45, 2.75) is 38.8 Å². The second-order valence-corrected chi connectivity index (χ2v) is 7.28. The molecule has 1 N–H and O–H groups in total. The minimum absolute atomic E-state index is 0.0600. The first-order valence-corrected chi connectivity index (χ1v) is 9.67. The smallest absolute Gasteiger partial charge is 0.322 e. The molecule has 0 aliphatic carbocycles. The summed E-state index contributed by atoms with van der Waals surface area (Å²) in [6.45, 7) is 4.95. The molecular weight excluding hydrogens is 340 g/mol. The van der Waals surface area contributed by atoms with E-state index in [1.165, 1.54) is 16.7 Å². The second kappa shape index (κ2) is 8.01. The van der Waals surface area contributed by atoms with Crippen molar-refractivity contribution in [3.8, 4) is 5.75 Å². The lowest BCUT2D eigenvalue weighted by atomic mass is 9.95. The molecule has 5 heteroatoms. The van der Waals surface area contributed by atoms with Crippen LogP contribution in [-0.2, 0) is 17.7 Å². The number of hydrogen-bond donors (Lipinski definition) is 1. The van der Waals surface area contributed by atoms with Gasteiger partial charge in [-0.25, -0.2) is 4.79 Å². The average molecular weight is 366 g/mol. The zero-order valence-corrected chi connectivity index (χ0v) is 15.7. The first-order chi connectivity index (χ1) is 13.2. The van der Waals surface area contributed by atoms with E-state index in [9.17, 15) is 4.79 Å². The van der Waals surface area contributed by atoms with Gasteiger partial charge in [0.25, 0.3) is 0 Å². The Bertz CT molecular complexity index is 798. The van der Waals surface area contributed by atoms with Crippen molar-refractivity contribution in [2.24, 2.45) is 0 Å². The summed E-state index contributed by atoms with van der Waals surface area (Å²) in [5.41, 5.74) is 4.72. The molecule has 0 aromatic heterocycles. The summed E-state index contributed by atoms with van der Waals surface area (Å²) in [5.74, 6) is 0.797. The molecule has 1 saturated heterocycles. The van der Waals surface area contributed by atoms with E-state index in [2.05, 4.69) is 30.4 Å². The fourth-order valence-corrected chi connectivity index (χ4v) is 3.78. The highest BCUT2D eigenvalue weighted by molar-refractivity contribution is 5.89. The van der Waals surface area contributed by atoms with Crippen LogP contribution in [0.15, 0.2) is 42.5 Å². The monoisotopic (exact) mass is 366 g/mol. The predicted molar refractivity (Wildman–Crippen MR) is 105 cm³/mol. The summed E-state index contributed by atoms with van der Waals surface area (Å²) in [7, 11) is 0. The van der Waals surface area contributed by atoms with Crippen LogP contribution in [0.4, 0.5) is 10.5 Å². The van der Waals surface area contributed by atoms with Crippen molar-refractivity contribution < 1.29 is 14.3 Å². The maximum Gasteiger partial charge on any atom is 0.322 e. The minimum Gasteiger partial charge on any atom is -0.491 e. The van der Waals surface area contributed by atoms with Gasteiger partial charge >= 0.3 is 6.03 Å². The van der Waals surface area contributed by atoms with Crippen LogP contribution in [0.1, 0.15) is 29.5 Å². The van der Waals surface area contributed by atoms with E-state index < -0.39 is 0 Å². The van der Waals surface area contributed by atoms with Crippen molar-refractivity contribution >= 4 is 11.7 Å². The van der Waals surface area contributed by atoms with Gasteiger partial charge in [-0.1, -0.05) is 18.2 Å². The number of carbonyl (C=O) groups is 1. The third kappa shape index (κ3) is 4.25. The van der Waals surface area contributed by atoms with E-state index in [-0.39, 0.29) is 12.1 Å². The summed E-state index contributed by atoms with van der Waals surface area (Å²) in [6, 6.07) is 13.8. The van der Waals surface area contributed by atoms with E-state index in [0.717, 1.165) is 43.9 Å². The fourth-order valence-electron chi connectivity index (χ4n) is 3.78. The van der Waals surface area contributed by atoms with Crippen LogP contribution in [-0.4, -0.2) is 36.8 Å².